The third-order valence-electron chi connectivity index (χ3n) is 3.27. The third-order valence-corrected chi connectivity index (χ3v) is 3.51. The molecule has 2 aromatic carbocycles. The number of hydrogen-bond donors (Lipinski definition) is 1. The maximum absolute atomic E-state index is 11.1. The molecule has 4 nitrogen and oxygen atoms in total. The quantitative estimate of drug-likeness (QED) is 0.636. The molecule has 0 aromatic heterocycles. The number of aryl methyl sites for hydroxylation is 2. The largest absolute Gasteiger partial charge is 0.373 e. The van der Waals surface area contributed by atoms with Gasteiger partial charge in [-0.25, -0.2) is 0 Å². The van der Waals surface area contributed by atoms with Gasteiger partial charge in [-0.05, 0) is 38.5 Å². The molecule has 0 aliphatic heterocycles. The molecule has 2 rings (SSSR count). The van der Waals surface area contributed by atoms with Gasteiger partial charge in [0.05, 0.1) is 4.92 Å². The standard InChI is InChI=1S/C16H17ClN2O2/c1-10-6-11(2)8-13(7-10)12(3)18-15-9-14(17)4-5-16(15)19(20)21/h4-9,12,18H,1-3H3. The van der Waals surface area contributed by atoms with Gasteiger partial charge in [0.1, 0.15) is 5.69 Å². The Kier molecular flexibility index (Phi) is 4.48. The molecule has 0 amide bonds. The summed E-state index contributed by atoms with van der Waals surface area (Å²) in [6, 6.07) is 10.7. The molecule has 0 bridgehead atoms. The lowest BCUT2D eigenvalue weighted by Crippen LogP contribution is -2.09. The highest BCUT2D eigenvalue weighted by atomic mass is 35.5. The molecular weight excluding hydrogens is 288 g/mol. The zero-order valence-electron chi connectivity index (χ0n) is 12.2. The fraction of sp³-hybridized carbons (Fsp3) is 0.250. The van der Waals surface area contributed by atoms with E-state index in [1.807, 2.05) is 20.8 Å². The number of nitrogens with zero attached hydrogens (tertiary/aromatic N) is 1. The van der Waals surface area contributed by atoms with E-state index in [2.05, 4.69) is 23.5 Å². The first-order valence-electron chi connectivity index (χ1n) is 6.65. The van der Waals surface area contributed by atoms with Crippen LogP contribution in [0.4, 0.5) is 11.4 Å². The number of nitrogens with one attached hydrogen (secondary N) is 1. The number of anilines is 1. The van der Waals surface area contributed by atoms with Gasteiger partial charge in [0.25, 0.3) is 5.69 Å². The molecule has 0 radical (unpaired) electrons. The highest BCUT2D eigenvalue weighted by Gasteiger charge is 2.16. The fourth-order valence-corrected chi connectivity index (χ4v) is 2.53. The summed E-state index contributed by atoms with van der Waals surface area (Å²) in [5.74, 6) is 0. The molecule has 21 heavy (non-hydrogen) atoms. The van der Waals surface area contributed by atoms with Crippen molar-refractivity contribution < 1.29 is 4.92 Å². The number of nitro benzene ring substituents is 1. The Hall–Kier alpha value is -2.07. The second kappa shape index (κ2) is 6.14. The second-order valence-corrected chi connectivity index (χ2v) is 5.64. The van der Waals surface area contributed by atoms with Crippen molar-refractivity contribution in [3.63, 3.8) is 0 Å². The van der Waals surface area contributed by atoms with Crippen LogP contribution in [0.15, 0.2) is 36.4 Å². The monoisotopic (exact) mass is 304 g/mol. The van der Waals surface area contributed by atoms with E-state index in [-0.39, 0.29) is 11.7 Å². The Labute approximate surface area is 128 Å². The maximum atomic E-state index is 11.1. The molecule has 0 saturated heterocycles. The minimum absolute atomic E-state index is 0.0237. The van der Waals surface area contributed by atoms with Gasteiger partial charge >= 0.3 is 0 Å². The minimum atomic E-state index is -0.410. The Morgan fingerprint density at radius 3 is 2.33 bits per heavy atom. The van der Waals surface area contributed by atoms with Crippen molar-refractivity contribution in [2.45, 2.75) is 26.8 Å². The van der Waals surface area contributed by atoms with Gasteiger partial charge in [-0.3, -0.25) is 10.1 Å². The average Bonchev–Trinajstić information content (AvgIpc) is 2.37. The summed E-state index contributed by atoms with van der Waals surface area (Å²) in [6.45, 7) is 6.04. The molecule has 1 unspecified atom stereocenters. The van der Waals surface area contributed by atoms with E-state index in [9.17, 15) is 10.1 Å². The van der Waals surface area contributed by atoms with E-state index >= 15 is 0 Å². The third kappa shape index (κ3) is 3.73. The van der Waals surface area contributed by atoms with Gasteiger partial charge in [0, 0.05) is 17.1 Å². The number of hydrogen-bond acceptors (Lipinski definition) is 3. The van der Waals surface area contributed by atoms with Gasteiger partial charge < -0.3 is 5.32 Å². The minimum Gasteiger partial charge on any atom is -0.373 e. The summed E-state index contributed by atoms with van der Waals surface area (Å²) in [5, 5.41) is 14.7. The molecule has 0 heterocycles. The summed E-state index contributed by atoms with van der Waals surface area (Å²) in [5.41, 5.74) is 3.87. The summed E-state index contributed by atoms with van der Waals surface area (Å²) in [6.07, 6.45) is 0. The maximum Gasteiger partial charge on any atom is 0.292 e. The number of benzene rings is 2. The Morgan fingerprint density at radius 1 is 1.14 bits per heavy atom. The van der Waals surface area contributed by atoms with Crippen LogP contribution in [0.25, 0.3) is 0 Å². The van der Waals surface area contributed by atoms with Crippen LogP contribution in [0, 0.1) is 24.0 Å². The smallest absolute Gasteiger partial charge is 0.292 e. The molecule has 0 aliphatic rings. The lowest BCUT2D eigenvalue weighted by atomic mass is 10.0. The SMILES string of the molecule is Cc1cc(C)cc(C(C)Nc2cc(Cl)ccc2[N+](=O)[O-])c1. The van der Waals surface area contributed by atoms with Gasteiger partial charge in [-0.1, -0.05) is 40.9 Å². The molecule has 0 aliphatic carbocycles. The van der Waals surface area contributed by atoms with E-state index in [1.54, 1.807) is 6.07 Å². The van der Waals surface area contributed by atoms with Gasteiger partial charge in [-0.15, -0.1) is 0 Å². The molecule has 110 valence electrons. The van der Waals surface area contributed by atoms with Crippen molar-refractivity contribution in [1.82, 2.24) is 0 Å². The summed E-state index contributed by atoms with van der Waals surface area (Å²) in [7, 11) is 0. The van der Waals surface area contributed by atoms with Crippen LogP contribution < -0.4 is 5.32 Å². The first-order chi connectivity index (χ1) is 9.86. The van der Waals surface area contributed by atoms with E-state index in [0.29, 0.717) is 10.7 Å². The van der Waals surface area contributed by atoms with Crippen LogP contribution >= 0.6 is 11.6 Å². The molecule has 1 N–H and O–H groups in total. The second-order valence-electron chi connectivity index (χ2n) is 5.21. The number of halogens is 1. The van der Waals surface area contributed by atoms with Crippen LogP contribution in [0.3, 0.4) is 0 Å². The lowest BCUT2D eigenvalue weighted by Gasteiger charge is -2.17. The van der Waals surface area contributed by atoms with Gasteiger partial charge in [-0.2, -0.15) is 0 Å². The van der Waals surface area contributed by atoms with Crippen molar-refractivity contribution >= 4 is 23.0 Å². The molecule has 0 saturated carbocycles. The van der Waals surface area contributed by atoms with Crippen LogP contribution in [0.1, 0.15) is 29.7 Å². The molecule has 5 heteroatoms. The number of rotatable bonds is 4. The van der Waals surface area contributed by atoms with Gasteiger partial charge in [0.15, 0.2) is 0 Å². The van der Waals surface area contributed by atoms with Crippen LogP contribution in [-0.4, -0.2) is 4.92 Å². The van der Waals surface area contributed by atoms with Gasteiger partial charge in [0.2, 0.25) is 0 Å². The van der Waals surface area contributed by atoms with Crippen LogP contribution in [0.5, 0.6) is 0 Å². The molecule has 2 aromatic rings. The fourth-order valence-electron chi connectivity index (χ4n) is 2.36. The van der Waals surface area contributed by atoms with Crippen molar-refractivity contribution in [3.05, 3.63) is 68.2 Å². The molecule has 0 fully saturated rings. The predicted octanol–water partition coefficient (Wildman–Crippen LogP) is 5.04. The van der Waals surface area contributed by atoms with Crippen molar-refractivity contribution in [3.8, 4) is 0 Å². The van der Waals surface area contributed by atoms with Crippen molar-refractivity contribution in [1.29, 1.82) is 0 Å². The van der Waals surface area contributed by atoms with Crippen LogP contribution in [0.2, 0.25) is 5.02 Å². The molecule has 1 atom stereocenters. The highest BCUT2D eigenvalue weighted by molar-refractivity contribution is 6.31. The van der Waals surface area contributed by atoms with E-state index < -0.39 is 4.92 Å². The first kappa shape index (κ1) is 15.3. The molecule has 0 spiro atoms. The topological polar surface area (TPSA) is 55.2 Å². The predicted molar refractivity (Wildman–Crippen MR) is 86.1 cm³/mol. The Morgan fingerprint density at radius 2 is 1.76 bits per heavy atom. The van der Waals surface area contributed by atoms with Crippen molar-refractivity contribution in [2.75, 3.05) is 5.32 Å². The highest BCUT2D eigenvalue weighted by Crippen LogP contribution is 2.31. The lowest BCUT2D eigenvalue weighted by molar-refractivity contribution is -0.384. The normalized spacial score (nSPS) is 12.0. The Balaban J connectivity index is 2.32. The summed E-state index contributed by atoms with van der Waals surface area (Å²) >= 11 is 5.94. The van der Waals surface area contributed by atoms with Crippen LogP contribution in [-0.2, 0) is 0 Å². The summed E-state index contributed by atoms with van der Waals surface area (Å²) in [4.78, 5) is 10.7. The van der Waals surface area contributed by atoms with E-state index in [4.69, 9.17) is 11.6 Å². The van der Waals surface area contributed by atoms with E-state index in [1.165, 1.54) is 23.3 Å². The zero-order valence-corrected chi connectivity index (χ0v) is 12.9. The molecular formula is C16H17ClN2O2. The first-order valence-corrected chi connectivity index (χ1v) is 7.03. The zero-order chi connectivity index (χ0) is 15.6. The van der Waals surface area contributed by atoms with Crippen molar-refractivity contribution in [2.24, 2.45) is 0 Å². The number of nitro groups is 1. The van der Waals surface area contributed by atoms with E-state index in [0.717, 1.165) is 5.56 Å². The summed E-state index contributed by atoms with van der Waals surface area (Å²) < 4.78 is 0. The average molecular weight is 305 g/mol. The Bertz CT molecular complexity index is 666.